The van der Waals surface area contributed by atoms with Crippen LogP contribution in [0.5, 0.6) is 0 Å². The standard InChI is InChI=1S/C23H26F3N3O3S/c1-4-29(13-20(30)28-19-8-6-5-7-18(19)23(24,25)26)22(32)16(3)33-14-21(31)27-17-11-9-15(2)10-12-17/h5-12,16H,4,13-14H2,1-3H3,(H,27,31)(H,28,30). The molecule has 0 spiro atoms. The highest BCUT2D eigenvalue weighted by atomic mass is 32.2. The molecule has 0 aliphatic heterocycles. The number of likely N-dealkylation sites (N-methyl/N-ethyl adjacent to an activating group) is 1. The minimum Gasteiger partial charge on any atom is -0.333 e. The van der Waals surface area contributed by atoms with E-state index < -0.39 is 29.4 Å². The van der Waals surface area contributed by atoms with Crippen molar-refractivity contribution in [1.29, 1.82) is 0 Å². The van der Waals surface area contributed by atoms with E-state index in [1.807, 2.05) is 19.1 Å². The fraction of sp³-hybridized carbons (Fsp3) is 0.348. The van der Waals surface area contributed by atoms with Crippen molar-refractivity contribution < 1.29 is 27.6 Å². The third-order valence-electron chi connectivity index (χ3n) is 4.68. The number of rotatable bonds is 9. The van der Waals surface area contributed by atoms with Gasteiger partial charge < -0.3 is 15.5 Å². The summed E-state index contributed by atoms with van der Waals surface area (Å²) in [5.41, 5.74) is 0.383. The van der Waals surface area contributed by atoms with Gasteiger partial charge in [-0.1, -0.05) is 29.8 Å². The molecular weight excluding hydrogens is 455 g/mol. The molecule has 10 heteroatoms. The molecule has 2 N–H and O–H groups in total. The first-order chi connectivity index (χ1) is 15.5. The maximum Gasteiger partial charge on any atom is 0.418 e. The number of hydrogen-bond donors (Lipinski definition) is 2. The summed E-state index contributed by atoms with van der Waals surface area (Å²) in [4.78, 5) is 38.4. The van der Waals surface area contributed by atoms with Crippen LogP contribution >= 0.6 is 11.8 Å². The average molecular weight is 482 g/mol. The number of nitrogens with zero attached hydrogens (tertiary/aromatic N) is 1. The molecule has 178 valence electrons. The van der Waals surface area contributed by atoms with Crippen LogP contribution in [0.2, 0.25) is 0 Å². The van der Waals surface area contributed by atoms with Gasteiger partial charge in [-0.05, 0) is 45.0 Å². The van der Waals surface area contributed by atoms with E-state index in [-0.39, 0.29) is 29.8 Å². The van der Waals surface area contributed by atoms with Crippen molar-refractivity contribution in [3.63, 3.8) is 0 Å². The van der Waals surface area contributed by atoms with Gasteiger partial charge in [-0.25, -0.2) is 0 Å². The minimum atomic E-state index is -4.62. The number of halogens is 3. The Morgan fingerprint density at radius 3 is 2.24 bits per heavy atom. The molecular formula is C23H26F3N3O3S. The molecule has 0 radical (unpaired) electrons. The first-order valence-electron chi connectivity index (χ1n) is 10.2. The van der Waals surface area contributed by atoms with Crippen LogP contribution in [0.4, 0.5) is 24.5 Å². The van der Waals surface area contributed by atoms with E-state index in [0.717, 1.165) is 29.5 Å². The number of benzene rings is 2. The molecule has 0 aliphatic carbocycles. The number of carbonyl (C=O) groups excluding carboxylic acids is 3. The SMILES string of the molecule is CCN(CC(=O)Nc1ccccc1C(F)(F)F)C(=O)C(C)SCC(=O)Nc1ccc(C)cc1. The molecule has 3 amide bonds. The number of para-hydroxylation sites is 1. The zero-order chi connectivity index (χ0) is 24.6. The maximum absolute atomic E-state index is 13.1. The van der Waals surface area contributed by atoms with Gasteiger partial charge in [0, 0.05) is 12.2 Å². The van der Waals surface area contributed by atoms with Gasteiger partial charge in [-0.3, -0.25) is 14.4 Å². The monoisotopic (exact) mass is 481 g/mol. The quantitative estimate of drug-likeness (QED) is 0.550. The Bertz CT molecular complexity index is 981. The lowest BCUT2D eigenvalue weighted by Crippen LogP contribution is -2.42. The van der Waals surface area contributed by atoms with Crippen LogP contribution in [-0.4, -0.2) is 46.7 Å². The van der Waals surface area contributed by atoms with E-state index in [1.165, 1.54) is 17.0 Å². The summed E-state index contributed by atoms with van der Waals surface area (Å²) in [6.07, 6.45) is -4.62. The van der Waals surface area contributed by atoms with Crippen LogP contribution in [0.1, 0.15) is 25.0 Å². The number of alkyl halides is 3. The van der Waals surface area contributed by atoms with Crippen molar-refractivity contribution in [2.75, 3.05) is 29.5 Å². The van der Waals surface area contributed by atoms with E-state index in [1.54, 1.807) is 26.0 Å². The van der Waals surface area contributed by atoms with Crippen LogP contribution in [0.25, 0.3) is 0 Å². The molecule has 1 unspecified atom stereocenters. The first kappa shape index (κ1) is 26.2. The lowest BCUT2D eigenvalue weighted by molar-refractivity contribution is -0.137. The summed E-state index contributed by atoms with van der Waals surface area (Å²) in [6.45, 7) is 5.00. The zero-order valence-electron chi connectivity index (χ0n) is 18.5. The highest BCUT2D eigenvalue weighted by Crippen LogP contribution is 2.34. The van der Waals surface area contributed by atoms with E-state index in [0.29, 0.717) is 5.69 Å². The Morgan fingerprint density at radius 1 is 1.00 bits per heavy atom. The van der Waals surface area contributed by atoms with Crippen LogP contribution in [0, 0.1) is 6.92 Å². The second kappa shape index (κ2) is 11.7. The number of anilines is 2. The van der Waals surface area contributed by atoms with E-state index in [4.69, 9.17) is 0 Å². The Labute approximate surface area is 194 Å². The van der Waals surface area contributed by atoms with Crippen molar-refractivity contribution in [2.24, 2.45) is 0 Å². The maximum atomic E-state index is 13.1. The zero-order valence-corrected chi connectivity index (χ0v) is 19.3. The fourth-order valence-corrected chi connectivity index (χ4v) is 3.68. The van der Waals surface area contributed by atoms with Gasteiger partial charge in [0.15, 0.2) is 0 Å². The summed E-state index contributed by atoms with van der Waals surface area (Å²) in [6, 6.07) is 11.9. The Hall–Kier alpha value is -3.01. The third kappa shape index (κ3) is 8.12. The Balaban J connectivity index is 1.90. The van der Waals surface area contributed by atoms with Gasteiger partial charge in [0.2, 0.25) is 17.7 Å². The van der Waals surface area contributed by atoms with Crippen molar-refractivity contribution in [3.8, 4) is 0 Å². The number of carbonyl (C=O) groups is 3. The third-order valence-corrected chi connectivity index (χ3v) is 5.81. The Kier molecular flexibility index (Phi) is 9.33. The molecule has 0 aliphatic rings. The summed E-state index contributed by atoms with van der Waals surface area (Å²) >= 11 is 1.11. The number of aryl methyl sites for hydroxylation is 1. The molecule has 0 saturated heterocycles. The van der Waals surface area contributed by atoms with Gasteiger partial charge in [-0.2, -0.15) is 13.2 Å². The summed E-state index contributed by atoms with van der Waals surface area (Å²) < 4.78 is 39.3. The van der Waals surface area contributed by atoms with Crippen molar-refractivity contribution in [3.05, 3.63) is 59.7 Å². The van der Waals surface area contributed by atoms with Crippen LogP contribution < -0.4 is 10.6 Å². The molecule has 0 bridgehead atoms. The molecule has 0 saturated carbocycles. The van der Waals surface area contributed by atoms with Gasteiger partial charge in [0.05, 0.1) is 28.8 Å². The van der Waals surface area contributed by atoms with Gasteiger partial charge in [-0.15, -0.1) is 11.8 Å². The van der Waals surface area contributed by atoms with Crippen molar-refractivity contribution in [1.82, 2.24) is 4.90 Å². The summed E-state index contributed by atoms with van der Waals surface area (Å²) in [5, 5.41) is 4.35. The lowest BCUT2D eigenvalue weighted by Gasteiger charge is -2.24. The molecule has 1 atom stereocenters. The molecule has 0 aromatic heterocycles. The topological polar surface area (TPSA) is 78.5 Å². The predicted molar refractivity (Wildman–Crippen MR) is 124 cm³/mol. The highest BCUT2D eigenvalue weighted by Gasteiger charge is 2.33. The molecule has 0 fully saturated rings. The Morgan fingerprint density at radius 2 is 1.64 bits per heavy atom. The second-order valence-corrected chi connectivity index (χ2v) is 8.64. The van der Waals surface area contributed by atoms with Crippen molar-refractivity contribution >= 4 is 40.9 Å². The van der Waals surface area contributed by atoms with Crippen LogP contribution in [0.15, 0.2) is 48.5 Å². The first-order valence-corrected chi connectivity index (χ1v) is 11.3. The fourth-order valence-electron chi connectivity index (χ4n) is 2.91. The molecule has 0 heterocycles. The van der Waals surface area contributed by atoms with Gasteiger partial charge >= 0.3 is 6.18 Å². The summed E-state index contributed by atoms with van der Waals surface area (Å²) in [7, 11) is 0. The molecule has 2 aromatic rings. The minimum absolute atomic E-state index is 0.0312. The normalized spacial score (nSPS) is 12.1. The molecule has 33 heavy (non-hydrogen) atoms. The predicted octanol–water partition coefficient (Wildman–Crippen LogP) is 4.56. The number of hydrogen-bond acceptors (Lipinski definition) is 4. The van der Waals surface area contributed by atoms with E-state index in [9.17, 15) is 27.6 Å². The van der Waals surface area contributed by atoms with E-state index in [2.05, 4.69) is 10.6 Å². The van der Waals surface area contributed by atoms with Crippen molar-refractivity contribution in [2.45, 2.75) is 32.2 Å². The van der Waals surface area contributed by atoms with E-state index >= 15 is 0 Å². The number of amides is 3. The average Bonchev–Trinajstić information content (AvgIpc) is 2.76. The van der Waals surface area contributed by atoms with Crippen LogP contribution in [-0.2, 0) is 20.6 Å². The molecule has 2 aromatic carbocycles. The summed E-state index contributed by atoms with van der Waals surface area (Å²) in [5.74, 6) is -1.36. The number of nitrogens with one attached hydrogen (secondary N) is 2. The smallest absolute Gasteiger partial charge is 0.333 e. The number of thioether (sulfide) groups is 1. The van der Waals surface area contributed by atoms with Gasteiger partial charge in [0.25, 0.3) is 0 Å². The molecule has 6 nitrogen and oxygen atoms in total. The van der Waals surface area contributed by atoms with Gasteiger partial charge in [0.1, 0.15) is 0 Å². The second-order valence-electron chi connectivity index (χ2n) is 7.31. The largest absolute Gasteiger partial charge is 0.418 e. The highest BCUT2D eigenvalue weighted by molar-refractivity contribution is 8.01. The lowest BCUT2D eigenvalue weighted by atomic mass is 10.1. The van der Waals surface area contributed by atoms with Crippen LogP contribution in [0.3, 0.4) is 0 Å². The molecule has 2 rings (SSSR count).